The number of benzene rings is 2. The SMILES string of the molecule is C=CC(=O)N[C@H]1CC[C@H](Nc2ncnc(N)c2-c2ccc(Oc3ccccc3)cc2)C1. The van der Waals surface area contributed by atoms with Crippen LogP contribution in [0.2, 0.25) is 0 Å². The summed E-state index contributed by atoms with van der Waals surface area (Å²) in [6, 6.07) is 17.6. The molecular weight excluding hydrogens is 390 g/mol. The highest BCUT2D eigenvalue weighted by atomic mass is 16.5. The molecule has 2 atom stereocenters. The molecule has 0 spiro atoms. The second kappa shape index (κ2) is 9.30. The quantitative estimate of drug-likeness (QED) is 0.501. The molecule has 0 radical (unpaired) electrons. The average molecular weight is 415 g/mol. The van der Waals surface area contributed by atoms with E-state index in [1.165, 1.54) is 12.4 Å². The molecule has 0 unspecified atom stereocenters. The first kappa shape index (κ1) is 20.4. The molecule has 2 aromatic carbocycles. The molecule has 1 aliphatic rings. The Kier molecular flexibility index (Phi) is 6.12. The van der Waals surface area contributed by atoms with Crippen LogP contribution in [0.5, 0.6) is 11.5 Å². The van der Waals surface area contributed by atoms with Gasteiger partial charge in [-0.15, -0.1) is 0 Å². The van der Waals surface area contributed by atoms with Gasteiger partial charge in [0, 0.05) is 12.1 Å². The summed E-state index contributed by atoms with van der Waals surface area (Å²) in [5, 5.41) is 6.44. The number of amides is 1. The lowest BCUT2D eigenvalue weighted by molar-refractivity contribution is -0.117. The molecule has 3 aromatic rings. The van der Waals surface area contributed by atoms with Crippen LogP contribution in [-0.2, 0) is 4.79 Å². The first-order chi connectivity index (χ1) is 15.1. The monoisotopic (exact) mass is 415 g/mol. The van der Waals surface area contributed by atoms with E-state index in [0.717, 1.165) is 41.9 Å². The molecule has 31 heavy (non-hydrogen) atoms. The van der Waals surface area contributed by atoms with Gasteiger partial charge < -0.3 is 21.1 Å². The third-order valence-electron chi connectivity index (χ3n) is 5.30. The number of rotatable bonds is 7. The molecule has 1 aromatic heterocycles. The third-order valence-corrected chi connectivity index (χ3v) is 5.30. The van der Waals surface area contributed by atoms with Crippen molar-refractivity contribution in [1.29, 1.82) is 0 Å². The summed E-state index contributed by atoms with van der Waals surface area (Å²) in [6.07, 6.45) is 5.40. The molecule has 1 heterocycles. The zero-order chi connectivity index (χ0) is 21.6. The zero-order valence-corrected chi connectivity index (χ0v) is 17.1. The normalized spacial score (nSPS) is 17.7. The number of para-hydroxylation sites is 1. The second-order valence-electron chi connectivity index (χ2n) is 7.49. The molecular formula is C24H25N5O2. The first-order valence-electron chi connectivity index (χ1n) is 10.3. The van der Waals surface area contributed by atoms with Crippen LogP contribution in [0.15, 0.2) is 73.6 Å². The molecule has 1 aliphatic carbocycles. The largest absolute Gasteiger partial charge is 0.457 e. The Morgan fingerprint density at radius 1 is 1.03 bits per heavy atom. The highest BCUT2D eigenvalue weighted by Crippen LogP contribution is 2.34. The Labute approximate surface area is 181 Å². The van der Waals surface area contributed by atoms with Gasteiger partial charge in [-0.05, 0) is 55.2 Å². The van der Waals surface area contributed by atoms with E-state index in [1.807, 2.05) is 54.6 Å². The van der Waals surface area contributed by atoms with Crippen molar-refractivity contribution in [2.24, 2.45) is 0 Å². The summed E-state index contributed by atoms with van der Waals surface area (Å²) >= 11 is 0. The van der Waals surface area contributed by atoms with Crippen molar-refractivity contribution in [2.45, 2.75) is 31.3 Å². The lowest BCUT2D eigenvalue weighted by atomic mass is 10.1. The van der Waals surface area contributed by atoms with Gasteiger partial charge in [0.05, 0.1) is 5.56 Å². The number of ether oxygens (including phenoxy) is 1. The highest BCUT2D eigenvalue weighted by molar-refractivity contribution is 5.87. The van der Waals surface area contributed by atoms with Gasteiger partial charge in [0.1, 0.15) is 29.5 Å². The Morgan fingerprint density at radius 2 is 1.74 bits per heavy atom. The van der Waals surface area contributed by atoms with Crippen molar-refractivity contribution in [2.75, 3.05) is 11.1 Å². The number of hydrogen-bond donors (Lipinski definition) is 3. The van der Waals surface area contributed by atoms with Gasteiger partial charge in [-0.2, -0.15) is 0 Å². The molecule has 0 saturated heterocycles. The lowest BCUT2D eigenvalue weighted by Gasteiger charge is -2.18. The Morgan fingerprint density at radius 3 is 2.48 bits per heavy atom. The number of hydrogen-bond acceptors (Lipinski definition) is 6. The van der Waals surface area contributed by atoms with E-state index in [1.54, 1.807) is 0 Å². The Balaban J connectivity index is 1.49. The Bertz CT molecular complexity index is 1050. The van der Waals surface area contributed by atoms with Crippen LogP contribution in [-0.4, -0.2) is 28.0 Å². The van der Waals surface area contributed by atoms with Crippen LogP contribution in [0.25, 0.3) is 11.1 Å². The van der Waals surface area contributed by atoms with E-state index in [9.17, 15) is 4.79 Å². The standard InChI is InChI=1S/C24H25N5O2/c1-2-21(30)28-17-10-11-18(14-17)29-24-22(23(25)26-15-27-24)16-8-12-20(13-9-16)31-19-6-4-3-5-7-19/h2-9,12-13,15,17-18H,1,10-11,14H2,(H,28,30)(H3,25,26,27,29)/t17-,18-/m0/s1. The van der Waals surface area contributed by atoms with Crippen molar-refractivity contribution in [3.05, 3.63) is 73.6 Å². The van der Waals surface area contributed by atoms with Crippen LogP contribution in [0.1, 0.15) is 19.3 Å². The number of nitrogens with two attached hydrogens (primary N) is 1. The number of nitrogen functional groups attached to an aromatic ring is 1. The highest BCUT2D eigenvalue weighted by Gasteiger charge is 2.26. The van der Waals surface area contributed by atoms with E-state index in [2.05, 4.69) is 27.2 Å². The smallest absolute Gasteiger partial charge is 0.243 e. The van der Waals surface area contributed by atoms with Crippen LogP contribution >= 0.6 is 0 Å². The maximum Gasteiger partial charge on any atom is 0.243 e. The summed E-state index contributed by atoms with van der Waals surface area (Å²) < 4.78 is 5.87. The molecule has 4 rings (SSSR count). The van der Waals surface area contributed by atoms with Crippen molar-refractivity contribution < 1.29 is 9.53 Å². The minimum Gasteiger partial charge on any atom is -0.457 e. The van der Waals surface area contributed by atoms with Crippen LogP contribution < -0.4 is 21.1 Å². The molecule has 0 bridgehead atoms. The van der Waals surface area contributed by atoms with Gasteiger partial charge in [0.2, 0.25) is 5.91 Å². The van der Waals surface area contributed by atoms with Gasteiger partial charge in [0.25, 0.3) is 0 Å². The summed E-state index contributed by atoms with van der Waals surface area (Å²) in [5.74, 6) is 2.46. The number of anilines is 2. The molecule has 1 amide bonds. The number of nitrogens with zero attached hydrogens (tertiary/aromatic N) is 2. The van der Waals surface area contributed by atoms with Gasteiger partial charge in [-0.25, -0.2) is 9.97 Å². The summed E-state index contributed by atoms with van der Waals surface area (Å²) in [5.41, 5.74) is 7.87. The molecule has 7 heteroatoms. The fourth-order valence-corrected chi connectivity index (χ4v) is 3.80. The van der Waals surface area contributed by atoms with E-state index in [4.69, 9.17) is 10.5 Å². The molecule has 1 fully saturated rings. The molecule has 7 nitrogen and oxygen atoms in total. The third kappa shape index (κ3) is 5.01. The second-order valence-corrected chi connectivity index (χ2v) is 7.49. The number of nitrogens with one attached hydrogen (secondary N) is 2. The minimum absolute atomic E-state index is 0.125. The summed E-state index contributed by atoms with van der Waals surface area (Å²) in [7, 11) is 0. The van der Waals surface area contributed by atoms with Gasteiger partial charge in [-0.3, -0.25) is 4.79 Å². The van der Waals surface area contributed by atoms with Crippen molar-refractivity contribution in [3.8, 4) is 22.6 Å². The van der Waals surface area contributed by atoms with Gasteiger partial charge in [-0.1, -0.05) is 36.9 Å². The number of carbonyl (C=O) groups is 1. The molecule has 0 aliphatic heterocycles. The van der Waals surface area contributed by atoms with Crippen LogP contribution in [0.4, 0.5) is 11.6 Å². The van der Waals surface area contributed by atoms with E-state index >= 15 is 0 Å². The van der Waals surface area contributed by atoms with E-state index in [-0.39, 0.29) is 18.0 Å². The van der Waals surface area contributed by atoms with Crippen LogP contribution in [0, 0.1) is 0 Å². The maximum atomic E-state index is 11.6. The minimum atomic E-state index is -0.143. The molecule has 4 N–H and O–H groups in total. The van der Waals surface area contributed by atoms with E-state index in [0.29, 0.717) is 11.6 Å². The fraction of sp³-hybridized carbons (Fsp3) is 0.208. The maximum absolute atomic E-state index is 11.6. The first-order valence-corrected chi connectivity index (χ1v) is 10.3. The van der Waals surface area contributed by atoms with Crippen molar-refractivity contribution >= 4 is 17.5 Å². The predicted molar refractivity (Wildman–Crippen MR) is 122 cm³/mol. The van der Waals surface area contributed by atoms with Gasteiger partial charge in [0.15, 0.2) is 0 Å². The van der Waals surface area contributed by atoms with Crippen molar-refractivity contribution in [1.82, 2.24) is 15.3 Å². The fourth-order valence-electron chi connectivity index (χ4n) is 3.80. The van der Waals surface area contributed by atoms with Gasteiger partial charge >= 0.3 is 0 Å². The molecule has 158 valence electrons. The van der Waals surface area contributed by atoms with Crippen molar-refractivity contribution in [3.63, 3.8) is 0 Å². The summed E-state index contributed by atoms with van der Waals surface area (Å²) in [6.45, 7) is 3.51. The van der Waals surface area contributed by atoms with E-state index < -0.39 is 0 Å². The number of aromatic nitrogens is 2. The lowest BCUT2D eigenvalue weighted by Crippen LogP contribution is -2.32. The Hall–Kier alpha value is -3.87. The number of carbonyl (C=O) groups excluding carboxylic acids is 1. The zero-order valence-electron chi connectivity index (χ0n) is 17.1. The predicted octanol–water partition coefficient (Wildman–Crippen LogP) is 4.15. The summed E-state index contributed by atoms with van der Waals surface area (Å²) in [4.78, 5) is 20.2. The van der Waals surface area contributed by atoms with Crippen LogP contribution in [0.3, 0.4) is 0 Å². The topological polar surface area (TPSA) is 102 Å². The molecule has 1 saturated carbocycles. The average Bonchev–Trinajstić information content (AvgIpc) is 3.22.